The fourth-order valence-corrected chi connectivity index (χ4v) is 0.532. The summed E-state index contributed by atoms with van der Waals surface area (Å²) in [6.07, 6.45) is 0.777. The van der Waals surface area contributed by atoms with Gasteiger partial charge in [-0.15, -0.1) is 0 Å². The number of hydrogen-bond acceptors (Lipinski definition) is 2. The highest BCUT2D eigenvalue weighted by atomic mass is 79.9. The molecule has 0 aromatic carbocycles. The second-order valence-corrected chi connectivity index (χ2v) is 2.73. The SMILES string of the molecule is CCOC(=O)[C@H](Br)CC. The van der Waals surface area contributed by atoms with Crippen LogP contribution in [0.5, 0.6) is 0 Å². The Bertz CT molecular complexity index is 93.1. The van der Waals surface area contributed by atoms with Crippen LogP contribution in [0.3, 0.4) is 0 Å². The Morgan fingerprint density at radius 2 is 2.22 bits per heavy atom. The molecule has 0 spiro atoms. The van der Waals surface area contributed by atoms with E-state index in [4.69, 9.17) is 4.74 Å². The van der Waals surface area contributed by atoms with Crippen molar-refractivity contribution < 1.29 is 9.53 Å². The topological polar surface area (TPSA) is 26.3 Å². The van der Waals surface area contributed by atoms with E-state index in [2.05, 4.69) is 15.9 Å². The lowest BCUT2D eigenvalue weighted by molar-refractivity contribution is -0.142. The van der Waals surface area contributed by atoms with Crippen LogP contribution in [-0.4, -0.2) is 17.4 Å². The zero-order valence-corrected chi connectivity index (χ0v) is 7.27. The van der Waals surface area contributed by atoms with Crippen molar-refractivity contribution in [3.05, 3.63) is 0 Å². The molecule has 54 valence electrons. The van der Waals surface area contributed by atoms with E-state index >= 15 is 0 Å². The van der Waals surface area contributed by atoms with E-state index in [1.54, 1.807) is 6.92 Å². The first-order valence-electron chi connectivity index (χ1n) is 3.03. The Morgan fingerprint density at radius 3 is 2.56 bits per heavy atom. The van der Waals surface area contributed by atoms with Gasteiger partial charge in [0.05, 0.1) is 6.61 Å². The number of alkyl halides is 1. The molecule has 0 N–H and O–H groups in total. The molecule has 0 aromatic heterocycles. The minimum atomic E-state index is -0.167. The second kappa shape index (κ2) is 4.79. The largest absolute Gasteiger partial charge is 0.465 e. The van der Waals surface area contributed by atoms with Gasteiger partial charge in [-0.2, -0.15) is 0 Å². The van der Waals surface area contributed by atoms with Crippen LogP contribution >= 0.6 is 15.9 Å². The predicted molar refractivity (Wildman–Crippen MR) is 39.6 cm³/mol. The summed E-state index contributed by atoms with van der Waals surface area (Å²) in [6.45, 7) is 4.19. The molecule has 3 heteroatoms. The van der Waals surface area contributed by atoms with E-state index < -0.39 is 0 Å². The Labute approximate surface area is 63.7 Å². The maximum Gasteiger partial charge on any atom is 0.319 e. The predicted octanol–water partition coefficient (Wildman–Crippen LogP) is 1.72. The van der Waals surface area contributed by atoms with Crippen molar-refractivity contribution >= 4 is 21.9 Å². The van der Waals surface area contributed by atoms with E-state index in [0.717, 1.165) is 6.42 Å². The Morgan fingerprint density at radius 1 is 1.67 bits per heavy atom. The van der Waals surface area contributed by atoms with Gasteiger partial charge in [0.15, 0.2) is 0 Å². The van der Waals surface area contributed by atoms with Gasteiger partial charge in [0.2, 0.25) is 0 Å². The number of carbonyl (C=O) groups is 1. The zero-order chi connectivity index (χ0) is 7.28. The number of halogens is 1. The molecule has 0 aliphatic rings. The van der Waals surface area contributed by atoms with Crippen LogP contribution in [0.15, 0.2) is 0 Å². The Hall–Kier alpha value is -0.0500. The smallest absolute Gasteiger partial charge is 0.319 e. The highest BCUT2D eigenvalue weighted by Gasteiger charge is 2.11. The van der Waals surface area contributed by atoms with Crippen molar-refractivity contribution in [2.45, 2.75) is 25.1 Å². The Balaban J connectivity index is 3.46. The number of carbonyl (C=O) groups excluding carboxylic acids is 1. The van der Waals surface area contributed by atoms with Gasteiger partial charge in [-0.3, -0.25) is 4.79 Å². The van der Waals surface area contributed by atoms with Gasteiger partial charge in [-0.1, -0.05) is 22.9 Å². The van der Waals surface area contributed by atoms with Gasteiger partial charge in [0, 0.05) is 0 Å². The average Bonchev–Trinajstić information content (AvgIpc) is 1.87. The van der Waals surface area contributed by atoms with Crippen molar-refractivity contribution in [2.75, 3.05) is 6.61 Å². The fourth-order valence-electron chi connectivity index (χ4n) is 0.399. The number of ether oxygens (including phenoxy) is 1. The molecular formula is C6H11BrO2. The third-order valence-electron chi connectivity index (χ3n) is 0.901. The summed E-state index contributed by atoms with van der Waals surface area (Å²) < 4.78 is 4.71. The molecule has 9 heavy (non-hydrogen) atoms. The molecule has 0 unspecified atom stereocenters. The first-order valence-corrected chi connectivity index (χ1v) is 3.94. The third kappa shape index (κ3) is 3.51. The highest BCUT2D eigenvalue weighted by Crippen LogP contribution is 2.05. The van der Waals surface area contributed by atoms with Crippen LogP contribution in [0, 0.1) is 0 Å². The highest BCUT2D eigenvalue weighted by molar-refractivity contribution is 9.10. The van der Waals surface area contributed by atoms with Crippen molar-refractivity contribution in [1.29, 1.82) is 0 Å². The van der Waals surface area contributed by atoms with Crippen LogP contribution in [0.4, 0.5) is 0 Å². The molecule has 0 bridgehead atoms. The van der Waals surface area contributed by atoms with Gasteiger partial charge < -0.3 is 4.74 Å². The molecule has 0 amide bonds. The summed E-state index contributed by atoms with van der Waals surface area (Å²) in [5.74, 6) is -0.167. The minimum absolute atomic E-state index is 0.127. The molecule has 0 heterocycles. The first-order chi connectivity index (χ1) is 4.22. The van der Waals surface area contributed by atoms with Crippen LogP contribution in [-0.2, 0) is 9.53 Å². The van der Waals surface area contributed by atoms with Crippen molar-refractivity contribution in [2.24, 2.45) is 0 Å². The summed E-state index contributed by atoms with van der Waals surface area (Å²) in [6, 6.07) is 0. The van der Waals surface area contributed by atoms with Crippen LogP contribution in [0.2, 0.25) is 0 Å². The average molecular weight is 195 g/mol. The lowest BCUT2D eigenvalue weighted by atomic mass is 10.3. The van der Waals surface area contributed by atoms with E-state index in [-0.39, 0.29) is 10.8 Å². The number of esters is 1. The van der Waals surface area contributed by atoms with E-state index in [1.807, 2.05) is 6.92 Å². The van der Waals surface area contributed by atoms with Crippen molar-refractivity contribution in [3.8, 4) is 0 Å². The fraction of sp³-hybridized carbons (Fsp3) is 0.833. The summed E-state index contributed by atoms with van der Waals surface area (Å²) in [5.41, 5.74) is 0. The van der Waals surface area contributed by atoms with Crippen molar-refractivity contribution in [1.82, 2.24) is 0 Å². The lowest BCUT2D eigenvalue weighted by Gasteiger charge is -2.04. The lowest BCUT2D eigenvalue weighted by Crippen LogP contribution is -2.15. The van der Waals surface area contributed by atoms with Gasteiger partial charge in [-0.25, -0.2) is 0 Å². The quantitative estimate of drug-likeness (QED) is 0.506. The molecule has 0 aromatic rings. The molecule has 0 saturated heterocycles. The molecular weight excluding hydrogens is 184 g/mol. The Kier molecular flexibility index (Phi) is 4.77. The van der Waals surface area contributed by atoms with Gasteiger partial charge in [-0.05, 0) is 13.3 Å². The second-order valence-electron chi connectivity index (χ2n) is 1.63. The zero-order valence-electron chi connectivity index (χ0n) is 5.69. The molecule has 0 saturated carbocycles. The van der Waals surface area contributed by atoms with Crippen LogP contribution in [0.1, 0.15) is 20.3 Å². The molecule has 0 radical (unpaired) electrons. The normalized spacial score (nSPS) is 12.8. The third-order valence-corrected chi connectivity index (χ3v) is 1.92. The standard InChI is InChI=1S/C6H11BrO2/c1-3-5(7)6(8)9-4-2/h5H,3-4H2,1-2H3/t5-/m1/s1. The van der Waals surface area contributed by atoms with E-state index in [9.17, 15) is 4.79 Å². The minimum Gasteiger partial charge on any atom is -0.465 e. The monoisotopic (exact) mass is 194 g/mol. The van der Waals surface area contributed by atoms with E-state index in [1.165, 1.54) is 0 Å². The maximum absolute atomic E-state index is 10.7. The maximum atomic E-state index is 10.7. The molecule has 0 aliphatic carbocycles. The van der Waals surface area contributed by atoms with E-state index in [0.29, 0.717) is 6.61 Å². The van der Waals surface area contributed by atoms with Crippen LogP contribution in [0.25, 0.3) is 0 Å². The molecule has 0 fully saturated rings. The summed E-state index contributed by atoms with van der Waals surface area (Å²) in [4.78, 5) is 10.6. The summed E-state index contributed by atoms with van der Waals surface area (Å²) in [5, 5.41) is 0. The van der Waals surface area contributed by atoms with Gasteiger partial charge in [0.1, 0.15) is 4.83 Å². The first kappa shape index (κ1) is 8.95. The molecule has 0 rings (SSSR count). The van der Waals surface area contributed by atoms with Crippen molar-refractivity contribution in [3.63, 3.8) is 0 Å². The molecule has 2 nitrogen and oxygen atoms in total. The molecule has 1 atom stereocenters. The van der Waals surface area contributed by atoms with Crippen LogP contribution < -0.4 is 0 Å². The summed E-state index contributed by atoms with van der Waals surface area (Å²) in [7, 11) is 0. The van der Waals surface area contributed by atoms with Gasteiger partial charge >= 0.3 is 5.97 Å². The summed E-state index contributed by atoms with van der Waals surface area (Å²) >= 11 is 3.17. The molecule has 0 aliphatic heterocycles. The number of rotatable bonds is 3. The number of hydrogen-bond donors (Lipinski definition) is 0. The van der Waals surface area contributed by atoms with Gasteiger partial charge in [0.25, 0.3) is 0 Å².